The maximum absolute atomic E-state index is 11.9. The molecule has 6 heteroatoms. The van der Waals surface area contributed by atoms with Crippen LogP contribution in [0.25, 0.3) is 0 Å². The van der Waals surface area contributed by atoms with Gasteiger partial charge in [0.2, 0.25) is 5.91 Å². The van der Waals surface area contributed by atoms with Gasteiger partial charge in [-0.25, -0.2) is 0 Å². The molecule has 2 N–H and O–H groups in total. The summed E-state index contributed by atoms with van der Waals surface area (Å²) in [6.45, 7) is 4.84. The highest BCUT2D eigenvalue weighted by Gasteiger charge is 2.23. The average Bonchev–Trinajstić information content (AvgIpc) is 2.34. The van der Waals surface area contributed by atoms with Gasteiger partial charge in [0.15, 0.2) is 0 Å². The molecule has 0 saturated heterocycles. The van der Waals surface area contributed by atoms with Gasteiger partial charge >= 0.3 is 5.97 Å². The first-order valence-corrected chi connectivity index (χ1v) is 6.59. The van der Waals surface area contributed by atoms with Crippen molar-refractivity contribution in [2.45, 2.75) is 26.4 Å². The van der Waals surface area contributed by atoms with Crippen LogP contribution in [0.1, 0.15) is 20.8 Å². The van der Waals surface area contributed by atoms with Crippen molar-refractivity contribution < 1.29 is 14.3 Å². The number of hydrogen-bond acceptors (Lipinski definition) is 4. The van der Waals surface area contributed by atoms with Crippen molar-refractivity contribution in [1.82, 2.24) is 0 Å². The zero-order valence-corrected chi connectivity index (χ0v) is 12.6. The fourth-order valence-corrected chi connectivity index (χ4v) is 1.83. The van der Waals surface area contributed by atoms with E-state index in [9.17, 15) is 9.59 Å². The van der Waals surface area contributed by atoms with E-state index in [0.717, 1.165) is 0 Å². The molecule has 1 aromatic rings. The quantitative estimate of drug-likeness (QED) is 0.863. The van der Waals surface area contributed by atoms with E-state index in [-0.39, 0.29) is 13.1 Å². The summed E-state index contributed by atoms with van der Waals surface area (Å²) < 4.78 is 5.21. The number of nitrogens with zero attached hydrogens (tertiary/aromatic N) is 1. The fraction of sp³-hybridized carbons (Fsp3) is 0.429. The van der Waals surface area contributed by atoms with E-state index in [1.807, 2.05) is 0 Å². The van der Waals surface area contributed by atoms with Crippen molar-refractivity contribution in [1.29, 1.82) is 0 Å². The zero-order chi connectivity index (χ0) is 15.3. The molecule has 0 aliphatic rings. The van der Waals surface area contributed by atoms with Gasteiger partial charge in [0.1, 0.15) is 12.1 Å². The second kappa shape index (κ2) is 6.72. The maximum Gasteiger partial charge on any atom is 0.326 e. The Labute approximate surface area is 123 Å². The van der Waals surface area contributed by atoms with Crippen LogP contribution in [-0.4, -0.2) is 30.6 Å². The number of ether oxygens (including phenoxy) is 1. The molecule has 0 aliphatic heterocycles. The number of rotatable bonds is 4. The number of carbonyl (C=O) groups excluding carboxylic acids is 2. The van der Waals surface area contributed by atoms with Gasteiger partial charge in [-0.2, -0.15) is 0 Å². The normalized spacial score (nSPS) is 11.1. The fourth-order valence-electron chi connectivity index (χ4n) is 1.59. The number of amides is 1. The Kier molecular flexibility index (Phi) is 5.53. The van der Waals surface area contributed by atoms with E-state index >= 15 is 0 Å². The summed E-state index contributed by atoms with van der Waals surface area (Å²) in [5.74, 6) is -0.914. The largest absolute Gasteiger partial charge is 0.459 e. The molecule has 1 aromatic carbocycles. The molecular weight excluding hydrogens is 280 g/mol. The second-order valence-electron chi connectivity index (χ2n) is 5.22. The van der Waals surface area contributed by atoms with Crippen molar-refractivity contribution in [3.63, 3.8) is 0 Å². The van der Waals surface area contributed by atoms with Gasteiger partial charge in [0.25, 0.3) is 0 Å². The first-order chi connectivity index (χ1) is 9.24. The van der Waals surface area contributed by atoms with Crippen LogP contribution in [0.4, 0.5) is 5.69 Å². The van der Waals surface area contributed by atoms with Crippen molar-refractivity contribution >= 4 is 29.2 Å². The smallest absolute Gasteiger partial charge is 0.326 e. The monoisotopic (exact) mass is 298 g/mol. The number of benzene rings is 1. The standard InChI is InChI=1S/C14H19ClN2O3/c1-14(2,3)20-13(19)9-17(12(18)8-16)11-7-5-4-6-10(11)15/h4-7H,8-9,16H2,1-3H3. The third kappa shape index (κ3) is 4.83. The van der Waals surface area contributed by atoms with Crippen LogP contribution in [0.2, 0.25) is 5.02 Å². The number of anilines is 1. The van der Waals surface area contributed by atoms with E-state index in [2.05, 4.69) is 0 Å². The molecule has 0 radical (unpaired) electrons. The lowest BCUT2D eigenvalue weighted by atomic mass is 10.2. The minimum absolute atomic E-state index is 0.214. The topological polar surface area (TPSA) is 72.6 Å². The van der Waals surface area contributed by atoms with Crippen LogP contribution in [0.5, 0.6) is 0 Å². The number of para-hydroxylation sites is 1. The van der Waals surface area contributed by atoms with Crippen molar-refractivity contribution in [3.05, 3.63) is 29.3 Å². The van der Waals surface area contributed by atoms with E-state index in [1.54, 1.807) is 45.0 Å². The number of halogens is 1. The summed E-state index contributed by atoms with van der Waals surface area (Å²) in [5.41, 5.74) is 5.20. The average molecular weight is 299 g/mol. The first kappa shape index (κ1) is 16.5. The van der Waals surface area contributed by atoms with Crippen LogP contribution in [-0.2, 0) is 14.3 Å². The van der Waals surface area contributed by atoms with E-state index < -0.39 is 17.5 Å². The Balaban J connectivity index is 2.95. The summed E-state index contributed by atoms with van der Waals surface area (Å²) in [7, 11) is 0. The Bertz CT molecular complexity index is 497. The maximum atomic E-state index is 11.9. The van der Waals surface area contributed by atoms with Gasteiger partial charge < -0.3 is 10.5 Å². The summed E-state index contributed by atoms with van der Waals surface area (Å²) in [5, 5.41) is 0.373. The van der Waals surface area contributed by atoms with Gasteiger partial charge in [-0.05, 0) is 32.9 Å². The molecule has 20 heavy (non-hydrogen) atoms. The lowest BCUT2D eigenvalue weighted by molar-refractivity contribution is -0.153. The molecule has 5 nitrogen and oxygen atoms in total. The summed E-state index contributed by atoms with van der Waals surface area (Å²) in [6.07, 6.45) is 0. The number of nitrogens with two attached hydrogens (primary N) is 1. The molecule has 0 saturated carbocycles. The molecule has 0 heterocycles. The van der Waals surface area contributed by atoms with Gasteiger partial charge in [0.05, 0.1) is 17.3 Å². The van der Waals surface area contributed by atoms with Crippen molar-refractivity contribution in [3.8, 4) is 0 Å². The minimum Gasteiger partial charge on any atom is -0.459 e. The summed E-state index contributed by atoms with van der Waals surface area (Å²) in [4.78, 5) is 25.0. The molecule has 110 valence electrons. The van der Waals surface area contributed by atoms with Gasteiger partial charge in [-0.3, -0.25) is 14.5 Å². The Morgan fingerprint density at radius 2 is 1.90 bits per heavy atom. The lowest BCUT2D eigenvalue weighted by Gasteiger charge is -2.25. The minimum atomic E-state index is -0.616. The van der Waals surface area contributed by atoms with Crippen molar-refractivity contribution in [2.24, 2.45) is 5.73 Å². The molecule has 0 aromatic heterocycles. The molecule has 0 unspecified atom stereocenters. The lowest BCUT2D eigenvalue weighted by Crippen LogP contribution is -2.42. The Hall–Kier alpha value is -1.59. The third-order valence-corrected chi connectivity index (χ3v) is 2.65. The second-order valence-corrected chi connectivity index (χ2v) is 5.63. The van der Waals surface area contributed by atoms with Crippen LogP contribution < -0.4 is 10.6 Å². The molecule has 1 rings (SSSR count). The van der Waals surface area contributed by atoms with Gasteiger partial charge in [-0.15, -0.1) is 0 Å². The highest BCUT2D eigenvalue weighted by atomic mass is 35.5. The predicted molar refractivity (Wildman–Crippen MR) is 78.7 cm³/mol. The predicted octanol–water partition coefficient (Wildman–Crippen LogP) is 1.97. The third-order valence-electron chi connectivity index (χ3n) is 2.33. The number of hydrogen-bond donors (Lipinski definition) is 1. The molecule has 0 atom stereocenters. The Morgan fingerprint density at radius 3 is 2.40 bits per heavy atom. The summed E-state index contributed by atoms with van der Waals surface area (Å²) >= 11 is 6.05. The molecule has 1 amide bonds. The van der Waals surface area contributed by atoms with Crippen LogP contribution in [0.3, 0.4) is 0 Å². The van der Waals surface area contributed by atoms with E-state index in [4.69, 9.17) is 22.1 Å². The highest BCUT2D eigenvalue weighted by Crippen LogP contribution is 2.25. The highest BCUT2D eigenvalue weighted by molar-refractivity contribution is 6.33. The zero-order valence-electron chi connectivity index (χ0n) is 11.9. The van der Waals surface area contributed by atoms with Gasteiger partial charge in [0, 0.05) is 0 Å². The molecule has 0 bridgehead atoms. The van der Waals surface area contributed by atoms with Crippen molar-refractivity contribution in [2.75, 3.05) is 18.0 Å². The summed E-state index contributed by atoms with van der Waals surface area (Å²) in [6, 6.07) is 6.76. The Morgan fingerprint density at radius 1 is 1.30 bits per heavy atom. The molecular formula is C14H19ClN2O3. The first-order valence-electron chi connectivity index (χ1n) is 6.21. The molecule has 0 aliphatic carbocycles. The van der Waals surface area contributed by atoms with Crippen LogP contribution in [0.15, 0.2) is 24.3 Å². The van der Waals surface area contributed by atoms with E-state index in [1.165, 1.54) is 4.90 Å². The van der Waals surface area contributed by atoms with Crippen LogP contribution >= 0.6 is 11.6 Å². The molecule has 0 spiro atoms. The SMILES string of the molecule is CC(C)(C)OC(=O)CN(C(=O)CN)c1ccccc1Cl. The molecule has 0 fully saturated rings. The van der Waals surface area contributed by atoms with E-state index in [0.29, 0.717) is 10.7 Å². The van der Waals surface area contributed by atoms with Gasteiger partial charge in [-0.1, -0.05) is 23.7 Å². The number of esters is 1. The van der Waals surface area contributed by atoms with Crippen LogP contribution in [0, 0.1) is 0 Å². The number of carbonyl (C=O) groups is 2.